The molecule has 6 heteroatoms. The molecule has 1 aromatic heterocycles. The molecule has 3 heterocycles. The highest BCUT2D eigenvalue weighted by atomic mass is 16.5. The number of piperazine rings is 1. The Morgan fingerprint density at radius 3 is 2.62 bits per heavy atom. The van der Waals surface area contributed by atoms with Crippen molar-refractivity contribution in [2.24, 2.45) is 0 Å². The van der Waals surface area contributed by atoms with Gasteiger partial charge in [-0.2, -0.15) is 4.98 Å². The third kappa shape index (κ3) is 3.27. The Morgan fingerprint density at radius 1 is 1.19 bits per heavy atom. The van der Waals surface area contributed by atoms with Crippen molar-refractivity contribution in [2.75, 3.05) is 50.0 Å². The van der Waals surface area contributed by atoms with Gasteiger partial charge in [0.2, 0.25) is 5.95 Å². The van der Waals surface area contributed by atoms with Gasteiger partial charge in [0.05, 0.1) is 6.10 Å². The molecule has 0 aromatic carbocycles. The van der Waals surface area contributed by atoms with Crippen molar-refractivity contribution in [3.05, 3.63) is 11.3 Å². The highest BCUT2D eigenvalue weighted by molar-refractivity contribution is 5.51. The van der Waals surface area contributed by atoms with Crippen molar-refractivity contribution >= 4 is 11.8 Å². The van der Waals surface area contributed by atoms with Gasteiger partial charge in [-0.25, -0.2) is 4.98 Å². The lowest BCUT2D eigenvalue weighted by molar-refractivity contribution is 0.0712. The zero-order valence-electron chi connectivity index (χ0n) is 13.0. The third-order valence-electron chi connectivity index (χ3n) is 4.54. The average molecular weight is 291 g/mol. The monoisotopic (exact) mass is 291 g/mol. The minimum absolute atomic E-state index is 0.370. The van der Waals surface area contributed by atoms with E-state index in [0.29, 0.717) is 12.1 Å². The molecule has 21 heavy (non-hydrogen) atoms. The van der Waals surface area contributed by atoms with Crippen LogP contribution in [0.1, 0.15) is 24.1 Å². The van der Waals surface area contributed by atoms with Gasteiger partial charge in [0.1, 0.15) is 5.82 Å². The van der Waals surface area contributed by atoms with Crippen LogP contribution >= 0.6 is 0 Å². The normalized spacial score (nSPS) is 23.7. The maximum atomic E-state index is 5.80. The molecule has 116 valence electrons. The molecule has 0 saturated carbocycles. The van der Waals surface area contributed by atoms with E-state index in [1.807, 2.05) is 6.92 Å². The Bertz CT molecular complexity index is 493. The number of nitrogens with two attached hydrogens (primary N) is 1. The maximum Gasteiger partial charge on any atom is 0.222 e. The molecule has 3 rings (SSSR count). The smallest absolute Gasteiger partial charge is 0.222 e. The number of nitrogens with zero attached hydrogens (tertiary/aromatic N) is 4. The lowest BCUT2D eigenvalue weighted by Crippen LogP contribution is -2.49. The fourth-order valence-electron chi connectivity index (χ4n) is 3.16. The molecule has 0 aliphatic carbocycles. The van der Waals surface area contributed by atoms with Crippen molar-refractivity contribution in [2.45, 2.75) is 32.8 Å². The van der Waals surface area contributed by atoms with Gasteiger partial charge in [0, 0.05) is 50.6 Å². The summed E-state index contributed by atoms with van der Waals surface area (Å²) < 4.78 is 5.73. The number of aryl methyl sites for hydroxylation is 1. The van der Waals surface area contributed by atoms with Crippen LogP contribution in [-0.2, 0) is 4.74 Å². The molecule has 2 saturated heterocycles. The van der Waals surface area contributed by atoms with Crippen LogP contribution in [0.5, 0.6) is 0 Å². The maximum absolute atomic E-state index is 5.80. The van der Waals surface area contributed by atoms with E-state index in [9.17, 15) is 0 Å². The molecule has 1 atom stereocenters. The standard InChI is InChI=1S/C15H25N5O/c1-11-12(2)17-15(16)18-14(11)20-7-5-19(6-8-20)10-13-4-3-9-21-13/h13H,3-10H2,1-2H3,(H2,16,17,18)/t13-/m0/s1. The second kappa shape index (κ2) is 6.15. The quantitative estimate of drug-likeness (QED) is 0.895. The van der Waals surface area contributed by atoms with E-state index in [1.165, 1.54) is 12.8 Å². The number of rotatable bonds is 3. The van der Waals surface area contributed by atoms with Gasteiger partial charge >= 0.3 is 0 Å². The summed E-state index contributed by atoms with van der Waals surface area (Å²) in [6.07, 6.45) is 2.86. The van der Waals surface area contributed by atoms with E-state index < -0.39 is 0 Å². The summed E-state index contributed by atoms with van der Waals surface area (Å²) in [6.45, 7) is 10.2. The van der Waals surface area contributed by atoms with Gasteiger partial charge in [-0.1, -0.05) is 0 Å². The molecule has 2 fully saturated rings. The van der Waals surface area contributed by atoms with E-state index in [2.05, 4.69) is 26.7 Å². The fraction of sp³-hybridized carbons (Fsp3) is 0.733. The minimum Gasteiger partial charge on any atom is -0.377 e. The Hall–Kier alpha value is -1.40. The number of anilines is 2. The van der Waals surface area contributed by atoms with Gasteiger partial charge in [0.25, 0.3) is 0 Å². The highest BCUT2D eigenvalue weighted by Crippen LogP contribution is 2.22. The number of aromatic nitrogens is 2. The van der Waals surface area contributed by atoms with E-state index in [0.717, 1.165) is 56.4 Å². The molecule has 2 N–H and O–H groups in total. The zero-order chi connectivity index (χ0) is 14.8. The van der Waals surface area contributed by atoms with Crippen molar-refractivity contribution in [1.82, 2.24) is 14.9 Å². The first-order chi connectivity index (χ1) is 10.1. The van der Waals surface area contributed by atoms with Crippen LogP contribution in [0.3, 0.4) is 0 Å². The van der Waals surface area contributed by atoms with Gasteiger partial charge in [-0.05, 0) is 26.7 Å². The number of hydrogen-bond donors (Lipinski definition) is 1. The van der Waals surface area contributed by atoms with E-state index in [-0.39, 0.29) is 0 Å². The van der Waals surface area contributed by atoms with E-state index >= 15 is 0 Å². The van der Waals surface area contributed by atoms with Gasteiger partial charge < -0.3 is 15.4 Å². The molecule has 6 nitrogen and oxygen atoms in total. The van der Waals surface area contributed by atoms with Crippen LogP contribution in [0.4, 0.5) is 11.8 Å². The van der Waals surface area contributed by atoms with Gasteiger partial charge in [-0.15, -0.1) is 0 Å². The van der Waals surface area contributed by atoms with E-state index in [1.54, 1.807) is 0 Å². The second-order valence-electron chi connectivity index (χ2n) is 6.04. The summed E-state index contributed by atoms with van der Waals surface area (Å²) in [6, 6.07) is 0. The summed E-state index contributed by atoms with van der Waals surface area (Å²) in [5, 5.41) is 0. The molecule has 0 amide bonds. The molecule has 1 aromatic rings. The molecule has 0 radical (unpaired) electrons. The number of hydrogen-bond acceptors (Lipinski definition) is 6. The predicted molar refractivity (Wildman–Crippen MR) is 83.5 cm³/mol. The fourth-order valence-corrected chi connectivity index (χ4v) is 3.16. The largest absolute Gasteiger partial charge is 0.377 e. The summed E-state index contributed by atoms with van der Waals surface area (Å²) in [7, 11) is 0. The van der Waals surface area contributed by atoms with Gasteiger partial charge in [-0.3, -0.25) is 4.90 Å². The first kappa shape index (κ1) is 14.5. The first-order valence-electron chi connectivity index (χ1n) is 7.83. The third-order valence-corrected chi connectivity index (χ3v) is 4.54. The van der Waals surface area contributed by atoms with Gasteiger partial charge in [0.15, 0.2) is 0 Å². The molecule has 2 aliphatic rings. The molecule has 0 unspecified atom stereocenters. The van der Waals surface area contributed by atoms with Crippen LogP contribution in [0.2, 0.25) is 0 Å². The Kier molecular flexibility index (Phi) is 4.26. The predicted octanol–water partition coefficient (Wildman–Crippen LogP) is 0.977. The molecule has 2 aliphatic heterocycles. The Labute approximate surface area is 126 Å². The summed E-state index contributed by atoms with van der Waals surface area (Å²) in [4.78, 5) is 13.5. The minimum atomic E-state index is 0.370. The van der Waals surface area contributed by atoms with Crippen molar-refractivity contribution in [3.8, 4) is 0 Å². The Balaban J connectivity index is 1.60. The first-order valence-corrected chi connectivity index (χ1v) is 7.83. The number of ether oxygens (including phenoxy) is 1. The lowest BCUT2D eigenvalue weighted by atomic mass is 10.2. The van der Waals surface area contributed by atoms with E-state index in [4.69, 9.17) is 10.5 Å². The second-order valence-corrected chi connectivity index (χ2v) is 6.04. The van der Waals surface area contributed by atoms with Crippen LogP contribution in [0.15, 0.2) is 0 Å². The SMILES string of the molecule is Cc1nc(N)nc(N2CCN(C[C@@H]3CCCO3)CC2)c1C. The highest BCUT2D eigenvalue weighted by Gasteiger charge is 2.24. The van der Waals surface area contributed by atoms with Crippen LogP contribution in [0, 0.1) is 13.8 Å². The zero-order valence-corrected chi connectivity index (χ0v) is 13.0. The molecular weight excluding hydrogens is 266 g/mol. The average Bonchev–Trinajstić information content (AvgIpc) is 2.97. The summed E-state index contributed by atoms with van der Waals surface area (Å²) in [5.41, 5.74) is 7.90. The van der Waals surface area contributed by atoms with Crippen LogP contribution in [0.25, 0.3) is 0 Å². The van der Waals surface area contributed by atoms with Crippen LogP contribution < -0.4 is 10.6 Å². The lowest BCUT2D eigenvalue weighted by Gasteiger charge is -2.37. The molecule has 0 spiro atoms. The topological polar surface area (TPSA) is 67.5 Å². The molecule has 0 bridgehead atoms. The van der Waals surface area contributed by atoms with Crippen molar-refractivity contribution in [1.29, 1.82) is 0 Å². The van der Waals surface area contributed by atoms with Crippen LogP contribution in [-0.4, -0.2) is 60.3 Å². The van der Waals surface area contributed by atoms with Crippen molar-refractivity contribution in [3.63, 3.8) is 0 Å². The van der Waals surface area contributed by atoms with Crippen molar-refractivity contribution < 1.29 is 4.74 Å². The Morgan fingerprint density at radius 2 is 1.95 bits per heavy atom. The number of nitrogen functional groups attached to an aromatic ring is 1. The summed E-state index contributed by atoms with van der Waals surface area (Å²) >= 11 is 0. The summed E-state index contributed by atoms with van der Waals surface area (Å²) in [5.74, 6) is 1.37. The molecular formula is C15H25N5O.